The zero-order valence-electron chi connectivity index (χ0n) is 11.2. The van der Waals surface area contributed by atoms with Crippen molar-refractivity contribution in [2.45, 2.75) is 0 Å². The molecule has 0 rings (SSSR count). The highest BCUT2D eigenvalue weighted by molar-refractivity contribution is 7.69. The molecule has 0 radical (unpaired) electrons. The number of ether oxygens (including phenoxy) is 1. The lowest BCUT2D eigenvalue weighted by atomic mass is 10.5. The molecule has 0 heterocycles. The molecule has 0 aromatic rings. The monoisotopic (exact) mass is 291 g/mol. The van der Waals surface area contributed by atoms with E-state index >= 15 is 0 Å². The summed E-state index contributed by atoms with van der Waals surface area (Å²) in [6.45, 7) is 0.0576. The third-order valence-corrected chi connectivity index (χ3v) is 3.29. The van der Waals surface area contributed by atoms with E-state index in [-0.39, 0.29) is 0 Å². The Kier molecular flexibility index (Phi) is 7.44. The van der Waals surface area contributed by atoms with Crippen LogP contribution in [0.15, 0.2) is 12.2 Å². The van der Waals surface area contributed by atoms with Gasteiger partial charge in [-0.1, -0.05) is 0 Å². The molecule has 0 spiro atoms. The molecule has 1 atom stereocenters. The maximum atomic E-state index is 11.4. The molecule has 1 unspecified atom stereocenters. The summed E-state index contributed by atoms with van der Waals surface area (Å²) in [7, 11) is 3.94. The quantitative estimate of drug-likeness (QED) is 0.251. The molecule has 1 N–H and O–H groups in total. The molecule has 108 valence electrons. The van der Waals surface area contributed by atoms with Crippen LogP contribution < -0.4 is 5.11 Å². The molecular weight excluding hydrogens is 273 g/mol. The standard InChI is InChI=1S/C11H18NO6P/c1-12(2,3)6-7-19(17)11(16)8-18-10(15)5-4-9(13)14/h4-5,17H,6-8H2,1-3H3/b5-4+. The predicted molar refractivity (Wildman–Crippen MR) is 67.0 cm³/mol. The van der Waals surface area contributed by atoms with Crippen molar-refractivity contribution < 1.29 is 33.6 Å². The van der Waals surface area contributed by atoms with Crippen LogP contribution in [0.1, 0.15) is 0 Å². The van der Waals surface area contributed by atoms with Gasteiger partial charge in [-0.3, -0.25) is 4.79 Å². The van der Waals surface area contributed by atoms with Crippen LogP contribution in [0.5, 0.6) is 0 Å². The molecule has 0 aliphatic rings. The lowest BCUT2D eigenvalue weighted by molar-refractivity contribution is -0.867. The Morgan fingerprint density at radius 1 is 1.26 bits per heavy atom. The van der Waals surface area contributed by atoms with Gasteiger partial charge in [0.15, 0.2) is 6.61 Å². The lowest BCUT2D eigenvalue weighted by Crippen LogP contribution is -2.37. The van der Waals surface area contributed by atoms with Gasteiger partial charge < -0.3 is 24.0 Å². The molecule has 0 saturated carbocycles. The summed E-state index contributed by atoms with van der Waals surface area (Å²) in [6.07, 6.45) is 1.48. The van der Waals surface area contributed by atoms with Gasteiger partial charge in [0, 0.05) is 12.2 Å². The summed E-state index contributed by atoms with van der Waals surface area (Å²) >= 11 is 0. The lowest BCUT2D eigenvalue weighted by Gasteiger charge is -2.24. The third-order valence-electron chi connectivity index (χ3n) is 1.96. The van der Waals surface area contributed by atoms with Gasteiger partial charge in [-0.15, -0.1) is 0 Å². The average molecular weight is 291 g/mol. The summed E-state index contributed by atoms with van der Waals surface area (Å²) in [4.78, 5) is 42.0. The number of aliphatic carboxylic acids is 1. The number of hydrogen-bond donors (Lipinski definition) is 1. The minimum absolute atomic E-state index is 0.324. The largest absolute Gasteiger partial charge is 0.545 e. The van der Waals surface area contributed by atoms with Gasteiger partial charge in [0.05, 0.1) is 33.7 Å². The highest BCUT2D eigenvalue weighted by Crippen LogP contribution is 2.30. The fraction of sp³-hybridized carbons (Fsp3) is 0.545. The van der Waals surface area contributed by atoms with Gasteiger partial charge in [-0.05, 0) is 6.08 Å². The van der Waals surface area contributed by atoms with E-state index in [0.717, 1.165) is 0 Å². The fourth-order valence-corrected chi connectivity index (χ4v) is 2.16. The van der Waals surface area contributed by atoms with E-state index in [0.29, 0.717) is 29.3 Å². The Morgan fingerprint density at radius 2 is 1.84 bits per heavy atom. The van der Waals surface area contributed by atoms with Crippen LogP contribution in [0.3, 0.4) is 0 Å². The number of nitrogens with zero attached hydrogens (tertiary/aromatic N) is 1. The van der Waals surface area contributed by atoms with Crippen molar-refractivity contribution in [2.75, 3.05) is 40.5 Å². The summed E-state index contributed by atoms with van der Waals surface area (Å²) < 4.78 is 5.10. The molecule has 0 aromatic heterocycles. The zero-order valence-corrected chi connectivity index (χ0v) is 12.1. The summed E-state index contributed by atoms with van der Waals surface area (Å²) in [5, 5.41) is 10.0. The number of carboxylic acids is 1. The summed E-state index contributed by atoms with van der Waals surface area (Å²) in [5.41, 5.74) is -0.557. The Hall–Kier alpha value is -1.30. The van der Waals surface area contributed by atoms with Crippen molar-refractivity contribution >= 4 is 25.6 Å². The van der Waals surface area contributed by atoms with Crippen LogP contribution in [-0.4, -0.2) is 67.3 Å². The second kappa shape index (κ2) is 7.99. The molecule has 0 aliphatic heterocycles. The van der Waals surface area contributed by atoms with Crippen LogP contribution in [0.25, 0.3) is 0 Å². The van der Waals surface area contributed by atoms with Crippen molar-refractivity contribution in [1.82, 2.24) is 0 Å². The maximum Gasteiger partial charge on any atom is 0.331 e. The van der Waals surface area contributed by atoms with E-state index in [1.807, 2.05) is 21.1 Å². The fourth-order valence-electron chi connectivity index (χ4n) is 0.911. The third kappa shape index (κ3) is 10.3. The number of carbonyl (C=O) groups excluding carboxylic acids is 3. The van der Waals surface area contributed by atoms with Crippen LogP contribution in [0.4, 0.5) is 0 Å². The van der Waals surface area contributed by atoms with E-state index in [1.165, 1.54) is 0 Å². The Bertz CT molecular complexity index is 374. The van der Waals surface area contributed by atoms with E-state index in [2.05, 4.69) is 4.74 Å². The molecule has 7 nitrogen and oxygen atoms in total. The number of esters is 1. The highest BCUT2D eigenvalue weighted by Gasteiger charge is 2.20. The first kappa shape index (κ1) is 17.7. The molecule has 19 heavy (non-hydrogen) atoms. The van der Waals surface area contributed by atoms with E-state index in [1.54, 1.807) is 0 Å². The highest BCUT2D eigenvalue weighted by atomic mass is 31.1. The second-order valence-electron chi connectivity index (χ2n) is 4.79. The van der Waals surface area contributed by atoms with Gasteiger partial charge in [0.25, 0.3) is 0 Å². The molecule has 0 fully saturated rings. The van der Waals surface area contributed by atoms with Gasteiger partial charge in [-0.2, -0.15) is 0 Å². The molecular formula is C11H18NO6P. The zero-order chi connectivity index (χ0) is 15.1. The maximum absolute atomic E-state index is 11.4. The van der Waals surface area contributed by atoms with Crippen molar-refractivity contribution in [1.29, 1.82) is 0 Å². The first-order valence-corrected chi connectivity index (χ1v) is 6.95. The summed E-state index contributed by atoms with van der Waals surface area (Å²) in [5.74, 6) is -2.50. The topological polar surface area (TPSA) is 104 Å². The smallest absolute Gasteiger partial charge is 0.331 e. The molecule has 0 saturated heterocycles. The number of hydrogen-bond acceptors (Lipinski definition) is 6. The molecule has 0 aliphatic carbocycles. The Morgan fingerprint density at radius 3 is 2.32 bits per heavy atom. The minimum Gasteiger partial charge on any atom is -0.545 e. The van der Waals surface area contributed by atoms with Crippen molar-refractivity contribution in [3.63, 3.8) is 0 Å². The molecule has 8 heteroatoms. The van der Waals surface area contributed by atoms with Crippen molar-refractivity contribution in [3.8, 4) is 0 Å². The van der Waals surface area contributed by atoms with Gasteiger partial charge in [-0.25, -0.2) is 4.79 Å². The van der Waals surface area contributed by atoms with Crippen LogP contribution >= 0.6 is 8.15 Å². The molecule has 0 amide bonds. The second-order valence-corrected chi connectivity index (χ2v) is 6.54. The van der Waals surface area contributed by atoms with Gasteiger partial charge >= 0.3 is 5.97 Å². The van der Waals surface area contributed by atoms with E-state index in [9.17, 15) is 24.4 Å². The predicted octanol–water partition coefficient (Wildman–Crippen LogP) is -1.54. The van der Waals surface area contributed by atoms with Crippen LogP contribution in [0, 0.1) is 0 Å². The normalized spacial score (nSPS) is 13.3. The Balaban J connectivity index is 4.04. The van der Waals surface area contributed by atoms with E-state index < -0.39 is 32.2 Å². The van der Waals surface area contributed by atoms with Crippen molar-refractivity contribution in [2.24, 2.45) is 0 Å². The minimum atomic E-state index is -1.84. The Labute approximate surface area is 112 Å². The average Bonchev–Trinajstić information content (AvgIpc) is 2.29. The van der Waals surface area contributed by atoms with Gasteiger partial charge in [0.1, 0.15) is 8.15 Å². The van der Waals surface area contributed by atoms with E-state index in [4.69, 9.17) is 0 Å². The van der Waals surface area contributed by atoms with Gasteiger partial charge in [0.2, 0.25) is 5.52 Å². The molecule has 0 bridgehead atoms. The number of rotatable bonds is 8. The number of carbonyl (C=O) groups is 3. The number of quaternary nitrogens is 1. The summed E-state index contributed by atoms with van der Waals surface area (Å²) in [6, 6.07) is 0. The van der Waals surface area contributed by atoms with Crippen LogP contribution in [-0.2, 0) is 19.1 Å². The van der Waals surface area contributed by atoms with Crippen LogP contribution in [0.2, 0.25) is 0 Å². The first-order chi connectivity index (χ1) is 8.61. The number of carboxylic acid groups (broad SMARTS) is 1. The first-order valence-electron chi connectivity index (χ1n) is 5.47. The van der Waals surface area contributed by atoms with Crippen molar-refractivity contribution in [3.05, 3.63) is 12.2 Å². The SMILES string of the molecule is C[N+](C)(C)CCP(O)C(=O)COC(=O)/C=C/C(=O)[O-]. The molecule has 0 aromatic carbocycles.